The normalized spacial score (nSPS) is 13.1. The van der Waals surface area contributed by atoms with Crippen LogP contribution in [-0.4, -0.2) is 42.7 Å². The summed E-state index contributed by atoms with van der Waals surface area (Å²) in [5.41, 5.74) is 0.535. The number of rotatable bonds is 12. The van der Waals surface area contributed by atoms with Crippen molar-refractivity contribution in [3.05, 3.63) is 83.7 Å². The minimum absolute atomic E-state index is 0.0439. The number of halogens is 2. The van der Waals surface area contributed by atoms with Gasteiger partial charge in [-0.2, -0.15) is 0 Å². The first kappa shape index (κ1) is 28.4. The molecule has 3 rings (SSSR count). The molecular formula is C28H30F2N2O6. The van der Waals surface area contributed by atoms with E-state index in [0.717, 1.165) is 18.2 Å². The third-order valence-corrected chi connectivity index (χ3v) is 5.59. The Labute approximate surface area is 219 Å². The number of hydrogen-bond acceptors (Lipinski definition) is 7. The fraction of sp³-hybridized carbons (Fsp3) is 0.321. The van der Waals surface area contributed by atoms with Crippen LogP contribution in [0.1, 0.15) is 49.3 Å². The van der Waals surface area contributed by atoms with Gasteiger partial charge in [-0.05, 0) is 38.0 Å². The highest BCUT2D eigenvalue weighted by molar-refractivity contribution is 5.98. The molecule has 0 spiro atoms. The van der Waals surface area contributed by atoms with E-state index in [1.54, 1.807) is 57.2 Å². The maximum Gasteiger partial charge on any atom is 0.329 e. The Balaban J connectivity index is 1.79. The number of pyridine rings is 1. The van der Waals surface area contributed by atoms with Crippen molar-refractivity contribution in [3.8, 4) is 17.2 Å². The van der Waals surface area contributed by atoms with E-state index in [-0.39, 0.29) is 30.2 Å². The zero-order valence-corrected chi connectivity index (χ0v) is 21.6. The van der Waals surface area contributed by atoms with Gasteiger partial charge in [-0.3, -0.25) is 4.79 Å². The smallest absolute Gasteiger partial charge is 0.329 e. The maximum absolute atomic E-state index is 14.3. The van der Waals surface area contributed by atoms with Crippen molar-refractivity contribution in [2.24, 2.45) is 0 Å². The predicted octanol–water partition coefficient (Wildman–Crippen LogP) is 5.03. The predicted molar refractivity (Wildman–Crippen MR) is 135 cm³/mol. The molecule has 0 aliphatic heterocycles. The van der Waals surface area contributed by atoms with E-state index < -0.39 is 41.8 Å². The topological polar surface area (TPSA) is 96.0 Å². The number of methoxy groups -OCH3 is 1. The number of nitrogens with one attached hydrogen (secondary N) is 1. The average Bonchev–Trinajstić information content (AvgIpc) is 2.92. The van der Waals surface area contributed by atoms with Crippen LogP contribution in [0, 0.1) is 11.6 Å². The quantitative estimate of drug-likeness (QED) is 0.330. The van der Waals surface area contributed by atoms with Crippen molar-refractivity contribution in [3.63, 3.8) is 0 Å². The van der Waals surface area contributed by atoms with Crippen molar-refractivity contribution >= 4 is 11.9 Å². The fourth-order valence-corrected chi connectivity index (χ4v) is 3.70. The molecule has 3 aromatic rings. The lowest BCUT2D eigenvalue weighted by atomic mass is 10.0. The van der Waals surface area contributed by atoms with Gasteiger partial charge in [-0.1, -0.05) is 37.3 Å². The van der Waals surface area contributed by atoms with Crippen LogP contribution >= 0.6 is 0 Å². The summed E-state index contributed by atoms with van der Waals surface area (Å²) in [5, 5.41) is 2.62. The lowest BCUT2D eigenvalue weighted by Gasteiger charge is -2.27. The lowest BCUT2D eigenvalue weighted by molar-refractivity contribution is -0.155. The summed E-state index contributed by atoms with van der Waals surface area (Å²) in [6, 6.07) is 12.1. The maximum atomic E-state index is 14.3. The monoisotopic (exact) mass is 528 g/mol. The molecule has 1 heterocycles. The van der Waals surface area contributed by atoms with E-state index >= 15 is 0 Å². The minimum Gasteiger partial charge on any atom is -0.493 e. The standard InChI is InChI=1S/C28H30F2N2O6/c1-5-21(32-27(33)24-26(36-6-2)22(35-4)14-15-31-24)28(34)37-17(3)25(18-10-8-7-9-11-18)38-23-16-19(29)12-13-20(23)30/h7-17,21,25H,5-6H2,1-4H3,(H,32,33)/t17-,21-,25-/m0/s1. The van der Waals surface area contributed by atoms with Crippen LogP contribution in [0.2, 0.25) is 0 Å². The molecule has 0 aliphatic rings. The van der Waals surface area contributed by atoms with Crippen molar-refractivity contribution in [1.29, 1.82) is 0 Å². The Morgan fingerprint density at radius 2 is 1.76 bits per heavy atom. The van der Waals surface area contributed by atoms with E-state index in [2.05, 4.69) is 10.3 Å². The first-order chi connectivity index (χ1) is 18.3. The fourth-order valence-electron chi connectivity index (χ4n) is 3.70. The van der Waals surface area contributed by atoms with Gasteiger partial charge in [0.2, 0.25) is 0 Å². The van der Waals surface area contributed by atoms with Gasteiger partial charge in [0.05, 0.1) is 13.7 Å². The highest BCUT2D eigenvalue weighted by atomic mass is 19.1. The number of aromatic nitrogens is 1. The molecule has 0 saturated carbocycles. The van der Waals surface area contributed by atoms with Crippen LogP contribution in [0.5, 0.6) is 17.2 Å². The van der Waals surface area contributed by atoms with Crippen LogP contribution in [0.4, 0.5) is 8.78 Å². The number of esters is 1. The molecule has 10 heteroatoms. The highest BCUT2D eigenvalue weighted by Gasteiger charge is 2.30. The molecule has 0 unspecified atom stereocenters. The number of amides is 1. The summed E-state index contributed by atoms with van der Waals surface area (Å²) in [6.07, 6.45) is -0.298. The Hall–Kier alpha value is -4.21. The van der Waals surface area contributed by atoms with Crippen LogP contribution < -0.4 is 19.5 Å². The van der Waals surface area contributed by atoms with Crippen LogP contribution in [0.15, 0.2) is 60.8 Å². The Bertz CT molecular complexity index is 1240. The van der Waals surface area contributed by atoms with E-state index in [1.807, 2.05) is 0 Å². The molecular weight excluding hydrogens is 498 g/mol. The molecule has 202 valence electrons. The van der Waals surface area contributed by atoms with Gasteiger partial charge in [0.25, 0.3) is 5.91 Å². The zero-order chi connectivity index (χ0) is 27.7. The van der Waals surface area contributed by atoms with Gasteiger partial charge >= 0.3 is 5.97 Å². The van der Waals surface area contributed by atoms with Gasteiger partial charge in [0.1, 0.15) is 18.0 Å². The number of benzene rings is 2. The van der Waals surface area contributed by atoms with Gasteiger partial charge < -0.3 is 24.3 Å². The molecule has 0 saturated heterocycles. The molecule has 1 amide bonds. The minimum atomic E-state index is -1.03. The van der Waals surface area contributed by atoms with E-state index in [1.165, 1.54) is 13.3 Å². The van der Waals surface area contributed by atoms with Crippen molar-refractivity contribution in [2.75, 3.05) is 13.7 Å². The molecule has 2 aromatic carbocycles. The van der Waals surface area contributed by atoms with Crippen molar-refractivity contribution in [1.82, 2.24) is 10.3 Å². The van der Waals surface area contributed by atoms with Gasteiger partial charge in [-0.25, -0.2) is 18.6 Å². The van der Waals surface area contributed by atoms with E-state index in [9.17, 15) is 18.4 Å². The molecule has 0 aliphatic carbocycles. The van der Waals surface area contributed by atoms with Crippen LogP contribution in [0.3, 0.4) is 0 Å². The average molecular weight is 529 g/mol. The first-order valence-corrected chi connectivity index (χ1v) is 12.1. The molecule has 38 heavy (non-hydrogen) atoms. The third kappa shape index (κ3) is 6.96. The summed E-state index contributed by atoms with van der Waals surface area (Å²) >= 11 is 0. The number of nitrogens with zero attached hydrogens (tertiary/aromatic N) is 1. The largest absolute Gasteiger partial charge is 0.493 e. The zero-order valence-electron chi connectivity index (χ0n) is 21.6. The molecule has 0 fully saturated rings. The Kier molecular flexibility index (Phi) is 9.98. The highest BCUT2D eigenvalue weighted by Crippen LogP contribution is 2.31. The van der Waals surface area contributed by atoms with Crippen LogP contribution in [-0.2, 0) is 9.53 Å². The number of hydrogen-bond donors (Lipinski definition) is 1. The third-order valence-electron chi connectivity index (χ3n) is 5.59. The molecule has 0 bridgehead atoms. The van der Waals surface area contributed by atoms with Gasteiger partial charge in [0.15, 0.2) is 34.9 Å². The van der Waals surface area contributed by atoms with Gasteiger partial charge in [0, 0.05) is 18.3 Å². The number of ether oxygens (including phenoxy) is 4. The first-order valence-electron chi connectivity index (χ1n) is 12.1. The van der Waals surface area contributed by atoms with Crippen molar-refractivity contribution in [2.45, 2.75) is 45.4 Å². The molecule has 1 aromatic heterocycles. The number of carbonyl (C=O) groups excluding carboxylic acids is 2. The SMILES string of the molecule is CCOc1c(OC)ccnc1C(=O)N[C@@H](CC)C(=O)O[C@@H](C)[C@H](Oc1cc(F)ccc1F)c1ccccc1. The molecule has 3 atom stereocenters. The number of carbonyl (C=O) groups is 2. The van der Waals surface area contributed by atoms with E-state index in [0.29, 0.717) is 11.3 Å². The second-order valence-corrected chi connectivity index (χ2v) is 8.22. The lowest BCUT2D eigenvalue weighted by Crippen LogP contribution is -2.43. The second kappa shape index (κ2) is 13.4. The Morgan fingerprint density at radius 3 is 2.42 bits per heavy atom. The second-order valence-electron chi connectivity index (χ2n) is 8.22. The molecule has 8 nitrogen and oxygen atoms in total. The van der Waals surface area contributed by atoms with Crippen molar-refractivity contribution < 1.29 is 37.3 Å². The molecule has 1 N–H and O–H groups in total. The summed E-state index contributed by atoms with van der Waals surface area (Å²) < 4.78 is 50.3. The molecule has 0 radical (unpaired) electrons. The van der Waals surface area contributed by atoms with E-state index in [4.69, 9.17) is 18.9 Å². The summed E-state index contributed by atoms with van der Waals surface area (Å²) in [5.74, 6) is -2.68. The van der Waals surface area contributed by atoms with Gasteiger partial charge in [-0.15, -0.1) is 0 Å². The summed E-state index contributed by atoms with van der Waals surface area (Å²) in [7, 11) is 1.44. The van der Waals surface area contributed by atoms with Crippen LogP contribution in [0.25, 0.3) is 0 Å². The summed E-state index contributed by atoms with van der Waals surface area (Å²) in [4.78, 5) is 30.2. The Morgan fingerprint density at radius 1 is 1.03 bits per heavy atom. The summed E-state index contributed by atoms with van der Waals surface area (Å²) in [6.45, 7) is 5.29.